The van der Waals surface area contributed by atoms with Gasteiger partial charge in [0.1, 0.15) is 10.0 Å². The third-order valence-corrected chi connectivity index (χ3v) is 6.13. The van der Waals surface area contributed by atoms with E-state index in [0.29, 0.717) is 22.6 Å². The van der Waals surface area contributed by atoms with Gasteiger partial charge in [0.05, 0.1) is 38.2 Å². The maximum absolute atomic E-state index is 12.0. The molecule has 2 aromatic heterocycles. The van der Waals surface area contributed by atoms with Crippen molar-refractivity contribution < 1.29 is 9.85 Å². The molecular formula is C21H13Cl3N6O6. The van der Waals surface area contributed by atoms with Crippen LogP contribution in [0.4, 0.5) is 11.4 Å². The van der Waals surface area contributed by atoms with Crippen molar-refractivity contribution in [3.8, 4) is 0 Å². The number of hydrogen-bond acceptors (Lipinski definition) is 6. The Kier molecular flexibility index (Phi) is 6.84. The molecule has 0 saturated carbocycles. The van der Waals surface area contributed by atoms with Gasteiger partial charge in [0.25, 0.3) is 22.5 Å². The largest absolute Gasteiger partial charge is 0.297 e. The summed E-state index contributed by atoms with van der Waals surface area (Å²) in [6.07, 6.45) is 0. The zero-order valence-electron chi connectivity index (χ0n) is 17.8. The average molecular weight is 552 g/mol. The molecule has 0 spiro atoms. The first-order valence-electron chi connectivity index (χ1n) is 9.91. The number of nitro benzene ring substituents is 2. The first-order valence-corrected chi connectivity index (χ1v) is 11.0. The van der Waals surface area contributed by atoms with E-state index < -0.39 is 21.0 Å². The number of nitrogens with one attached hydrogen (secondary N) is 3. The fraction of sp³-hybridized carbons (Fsp3) is 0.0476. The molecule has 5 aromatic rings. The Hall–Kier alpha value is -4.13. The number of aromatic nitrogens is 4. The Bertz CT molecular complexity index is 1770. The number of fused-ring (bicyclic) bond motifs is 2. The molecule has 184 valence electrons. The predicted octanol–water partition coefficient (Wildman–Crippen LogP) is 5.01. The van der Waals surface area contributed by atoms with Gasteiger partial charge in [0, 0.05) is 17.2 Å². The Morgan fingerprint density at radius 1 is 0.778 bits per heavy atom. The van der Waals surface area contributed by atoms with Crippen LogP contribution in [-0.4, -0.2) is 29.8 Å². The second kappa shape index (κ2) is 9.85. The fourth-order valence-corrected chi connectivity index (χ4v) is 4.10. The van der Waals surface area contributed by atoms with Gasteiger partial charge in [0.15, 0.2) is 0 Å². The van der Waals surface area contributed by atoms with Gasteiger partial charge >= 0.3 is 0 Å². The molecule has 0 aliphatic rings. The summed E-state index contributed by atoms with van der Waals surface area (Å²) in [5.74, 6) is 0. The summed E-state index contributed by atoms with van der Waals surface area (Å²) < 4.78 is 1.56. The highest BCUT2D eigenvalue weighted by Crippen LogP contribution is 2.29. The van der Waals surface area contributed by atoms with Gasteiger partial charge < -0.3 is 0 Å². The van der Waals surface area contributed by atoms with Crippen molar-refractivity contribution >= 4 is 68.0 Å². The molecule has 2 heterocycles. The normalized spacial score (nSPS) is 10.9. The number of hydrogen-bond donors (Lipinski definition) is 3. The summed E-state index contributed by atoms with van der Waals surface area (Å²) in [6, 6.07) is 12.3. The van der Waals surface area contributed by atoms with E-state index in [2.05, 4.69) is 15.3 Å². The lowest BCUT2D eigenvalue weighted by molar-refractivity contribution is -0.384. The zero-order valence-corrected chi connectivity index (χ0v) is 20.0. The van der Waals surface area contributed by atoms with Crippen molar-refractivity contribution in [2.45, 2.75) is 6.54 Å². The van der Waals surface area contributed by atoms with Gasteiger partial charge in [-0.3, -0.25) is 49.8 Å². The van der Waals surface area contributed by atoms with E-state index in [0.717, 1.165) is 11.6 Å². The Morgan fingerprint density at radius 2 is 1.39 bits per heavy atom. The third kappa shape index (κ3) is 4.82. The van der Waals surface area contributed by atoms with E-state index in [9.17, 15) is 29.8 Å². The van der Waals surface area contributed by atoms with Crippen molar-refractivity contribution in [1.82, 2.24) is 20.0 Å². The van der Waals surface area contributed by atoms with Gasteiger partial charge in [-0.25, -0.2) is 0 Å². The van der Waals surface area contributed by atoms with Crippen molar-refractivity contribution in [1.29, 1.82) is 0 Å². The summed E-state index contributed by atoms with van der Waals surface area (Å²) in [5, 5.41) is 29.9. The molecule has 5 rings (SSSR count). The molecule has 12 nitrogen and oxygen atoms in total. The van der Waals surface area contributed by atoms with Crippen LogP contribution in [0.1, 0.15) is 5.56 Å². The lowest BCUT2D eigenvalue weighted by atomic mass is 10.2. The third-order valence-electron chi connectivity index (χ3n) is 5.16. The minimum Gasteiger partial charge on any atom is -0.297 e. The Morgan fingerprint density at radius 3 is 2.03 bits per heavy atom. The molecular weight excluding hydrogens is 539 g/mol. The average Bonchev–Trinajstić information content (AvgIpc) is 3.32. The van der Waals surface area contributed by atoms with Gasteiger partial charge in [-0.15, -0.1) is 0 Å². The maximum atomic E-state index is 12.0. The van der Waals surface area contributed by atoms with Crippen LogP contribution in [0.3, 0.4) is 0 Å². The second-order valence-electron chi connectivity index (χ2n) is 7.38. The molecule has 0 fully saturated rings. The van der Waals surface area contributed by atoms with Gasteiger partial charge in [0.2, 0.25) is 0 Å². The number of nitrogens with zero attached hydrogens (tertiary/aromatic N) is 3. The first kappa shape index (κ1) is 25.0. The highest BCUT2D eigenvalue weighted by Gasteiger charge is 2.18. The molecule has 0 saturated heterocycles. The summed E-state index contributed by atoms with van der Waals surface area (Å²) in [4.78, 5) is 43.3. The van der Waals surface area contributed by atoms with Crippen LogP contribution in [-0.2, 0) is 6.54 Å². The van der Waals surface area contributed by atoms with E-state index in [1.54, 1.807) is 10.7 Å². The zero-order chi connectivity index (χ0) is 26.1. The van der Waals surface area contributed by atoms with Crippen LogP contribution in [0.2, 0.25) is 15.1 Å². The van der Waals surface area contributed by atoms with E-state index in [1.165, 1.54) is 18.2 Å². The molecule has 0 radical (unpaired) electrons. The predicted molar refractivity (Wildman–Crippen MR) is 135 cm³/mol. The molecule has 0 aliphatic carbocycles. The highest BCUT2D eigenvalue weighted by atomic mass is 35.5. The molecule has 0 bridgehead atoms. The number of aromatic amines is 3. The molecule has 0 amide bonds. The van der Waals surface area contributed by atoms with Crippen LogP contribution in [0.15, 0.2) is 58.1 Å². The van der Waals surface area contributed by atoms with Crippen molar-refractivity contribution in [3.63, 3.8) is 0 Å². The van der Waals surface area contributed by atoms with Crippen LogP contribution < -0.4 is 11.1 Å². The number of rotatable bonds is 4. The van der Waals surface area contributed by atoms with Gasteiger partial charge in [-0.2, -0.15) is 0 Å². The van der Waals surface area contributed by atoms with E-state index in [1.807, 2.05) is 18.2 Å². The summed E-state index contributed by atoms with van der Waals surface area (Å²) in [5.41, 5.74) is 0.360. The molecule has 3 aromatic carbocycles. The van der Waals surface area contributed by atoms with Crippen LogP contribution >= 0.6 is 34.8 Å². The summed E-state index contributed by atoms with van der Waals surface area (Å²) in [7, 11) is 0. The summed E-state index contributed by atoms with van der Waals surface area (Å²) in [6.45, 7) is 0.326. The number of nitro groups is 2. The number of benzene rings is 3. The fourth-order valence-electron chi connectivity index (χ4n) is 3.45. The van der Waals surface area contributed by atoms with E-state index in [-0.39, 0.29) is 32.2 Å². The lowest BCUT2D eigenvalue weighted by Gasteiger charge is -2.07. The Balaban J connectivity index is 0.000000187. The minimum absolute atomic E-state index is 0.00208. The molecule has 15 heteroatoms. The van der Waals surface area contributed by atoms with Crippen LogP contribution in [0.25, 0.3) is 21.8 Å². The van der Waals surface area contributed by atoms with E-state index in [4.69, 9.17) is 34.8 Å². The molecule has 0 atom stereocenters. The molecule has 36 heavy (non-hydrogen) atoms. The van der Waals surface area contributed by atoms with E-state index >= 15 is 0 Å². The topological polar surface area (TPSA) is 173 Å². The number of H-pyrrole nitrogens is 3. The Labute approximate surface area is 214 Å². The minimum atomic E-state index is -0.631. The monoisotopic (exact) mass is 550 g/mol. The highest BCUT2D eigenvalue weighted by molar-refractivity contribution is 6.34. The lowest BCUT2D eigenvalue weighted by Crippen LogP contribution is -2.07. The molecule has 3 N–H and O–H groups in total. The van der Waals surface area contributed by atoms with Crippen LogP contribution in [0.5, 0.6) is 0 Å². The van der Waals surface area contributed by atoms with Crippen LogP contribution in [0, 0.1) is 20.2 Å². The van der Waals surface area contributed by atoms with Crippen molar-refractivity contribution in [2.24, 2.45) is 0 Å². The van der Waals surface area contributed by atoms with Gasteiger partial charge in [-0.05, 0) is 23.8 Å². The summed E-state index contributed by atoms with van der Waals surface area (Å²) >= 11 is 17.7. The molecule has 0 aliphatic heterocycles. The van der Waals surface area contributed by atoms with Crippen molar-refractivity contribution in [2.75, 3.05) is 0 Å². The number of halogens is 3. The quantitative estimate of drug-likeness (QED) is 0.209. The van der Waals surface area contributed by atoms with Crippen molar-refractivity contribution in [3.05, 3.63) is 110 Å². The maximum Gasteiger partial charge on any atom is 0.288 e. The first-order chi connectivity index (χ1) is 17.1. The standard InChI is InChI=1S/C14H9Cl2N3O3.C7H4ClN3O3/c15-10-4-2-1-3-8(10)7-18-12-6-11(16)13(19(21)22)5-9(12)14(20)17-18;8-4-2-5-3(7(12)10-9-5)1-6(4)11(13)14/h1-6H,7H2,(H,17,20);1-2H,(H2,9,10,12). The SMILES string of the molecule is O=c1[nH][nH]c2cc(Cl)c([N+](=O)[O-])cc12.O=c1[nH]n(Cc2ccccc2Cl)c2cc(Cl)c([N+](=O)[O-])cc12. The molecule has 0 unspecified atom stereocenters. The second-order valence-corrected chi connectivity index (χ2v) is 8.60. The van der Waals surface area contributed by atoms with Gasteiger partial charge in [-0.1, -0.05) is 53.0 Å². The smallest absolute Gasteiger partial charge is 0.288 e.